The molecule has 7 heteroatoms. The number of amides is 1. The Morgan fingerprint density at radius 2 is 2.00 bits per heavy atom. The summed E-state index contributed by atoms with van der Waals surface area (Å²) in [6.07, 6.45) is 3.08. The second kappa shape index (κ2) is 5.84. The molecule has 3 fully saturated rings. The standard InChI is InChI=1S/C18H25NO5S/c1-12-7-16(13(2)24-12)17(20)19-10-18(11-19)15(5-6-25(18,21)22)9-23-8-14-3-4-14/h7,14-15H,3-6,8-11H2,1-2H3/t15-/m1/s1. The first-order valence-electron chi connectivity index (χ1n) is 8.99. The molecule has 4 rings (SSSR count). The number of hydrogen-bond acceptors (Lipinski definition) is 5. The molecule has 1 aromatic heterocycles. The third-order valence-corrected chi connectivity index (χ3v) is 8.55. The van der Waals surface area contributed by atoms with Gasteiger partial charge in [-0.2, -0.15) is 0 Å². The highest BCUT2D eigenvalue weighted by atomic mass is 32.2. The van der Waals surface area contributed by atoms with Crippen molar-refractivity contribution in [3.8, 4) is 0 Å². The molecule has 2 aliphatic heterocycles. The van der Waals surface area contributed by atoms with E-state index in [4.69, 9.17) is 9.15 Å². The van der Waals surface area contributed by atoms with Gasteiger partial charge in [-0.05, 0) is 45.1 Å². The Kier molecular flexibility index (Phi) is 3.99. The Hall–Kier alpha value is -1.34. The Morgan fingerprint density at radius 1 is 1.28 bits per heavy atom. The second-order valence-corrected chi connectivity index (χ2v) is 10.3. The van der Waals surface area contributed by atoms with Crippen LogP contribution in [0.3, 0.4) is 0 Å². The van der Waals surface area contributed by atoms with E-state index in [9.17, 15) is 13.2 Å². The molecule has 3 heterocycles. The highest BCUT2D eigenvalue weighted by Gasteiger charge is 2.62. The van der Waals surface area contributed by atoms with Crippen LogP contribution in [0, 0.1) is 25.7 Å². The van der Waals surface area contributed by atoms with E-state index in [0.29, 0.717) is 36.0 Å². The Morgan fingerprint density at radius 3 is 2.60 bits per heavy atom. The van der Waals surface area contributed by atoms with Crippen molar-refractivity contribution in [3.05, 3.63) is 23.2 Å². The van der Waals surface area contributed by atoms with Crippen molar-refractivity contribution in [3.63, 3.8) is 0 Å². The summed E-state index contributed by atoms with van der Waals surface area (Å²) in [5.74, 6) is 2.00. The molecule has 1 aromatic rings. The molecule has 1 aliphatic carbocycles. The van der Waals surface area contributed by atoms with Gasteiger partial charge in [-0.3, -0.25) is 4.79 Å². The van der Waals surface area contributed by atoms with Gasteiger partial charge in [0, 0.05) is 25.6 Å². The van der Waals surface area contributed by atoms with Crippen molar-refractivity contribution in [1.82, 2.24) is 4.90 Å². The van der Waals surface area contributed by atoms with Gasteiger partial charge in [0.25, 0.3) is 5.91 Å². The van der Waals surface area contributed by atoms with E-state index >= 15 is 0 Å². The molecule has 0 aromatic carbocycles. The summed E-state index contributed by atoms with van der Waals surface area (Å²) in [7, 11) is -3.18. The van der Waals surface area contributed by atoms with E-state index in [2.05, 4.69) is 0 Å². The average molecular weight is 367 g/mol. The average Bonchev–Trinajstić information content (AvgIpc) is 3.19. The summed E-state index contributed by atoms with van der Waals surface area (Å²) < 4.78 is 35.7. The quantitative estimate of drug-likeness (QED) is 0.795. The van der Waals surface area contributed by atoms with E-state index in [1.54, 1.807) is 24.8 Å². The third kappa shape index (κ3) is 2.81. The molecular formula is C18H25NO5S. The Labute approximate surface area is 148 Å². The van der Waals surface area contributed by atoms with Crippen molar-refractivity contribution < 1.29 is 22.4 Å². The first-order chi connectivity index (χ1) is 11.8. The van der Waals surface area contributed by atoms with Crippen molar-refractivity contribution >= 4 is 15.7 Å². The lowest BCUT2D eigenvalue weighted by molar-refractivity contribution is 0.0227. The zero-order chi connectivity index (χ0) is 17.8. The van der Waals surface area contributed by atoms with Gasteiger partial charge in [0.15, 0.2) is 9.84 Å². The molecule has 25 heavy (non-hydrogen) atoms. The van der Waals surface area contributed by atoms with Gasteiger partial charge in [-0.25, -0.2) is 8.42 Å². The Balaban J connectivity index is 1.45. The molecule has 0 radical (unpaired) electrons. The number of likely N-dealkylation sites (tertiary alicyclic amines) is 1. The summed E-state index contributed by atoms with van der Waals surface area (Å²) in [5, 5.41) is 0. The lowest BCUT2D eigenvalue weighted by Gasteiger charge is -2.49. The molecule has 1 saturated carbocycles. The molecule has 6 nitrogen and oxygen atoms in total. The first-order valence-corrected chi connectivity index (χ1v) is 10.6. The van der Waals surface area contributed by atoms with Crippen molar-refractivity contribution in [1.29, 1.82) is 0 Å². The third-order valence-electron chi connectivity index (χ3n) is 5.94. The number of carbonyl (C=O) groups is 1. The summed E-state index contributed by atoms with van der Waals surface area (Å²) in [6.45, 7) is 5.33. The number of sulfone groups is 1. The minimum absolute atomic E-state index is 0.00696. The maximum atomic E-state index is 12.7. The predicted octanol–water partition coefficient (Wildman–Crippen LogP) is 1.95. The lowest BCUT2D eigenvalue weighted by atomic mass is 9.83. The highest BCUT2D eigenvalue weighted by Crippen LogP contribution is 2.45. The monoisotopic (exact) mass is 367 g/mol. The molecule has 1 spiro atoms. The van der Waals surface area contributed by atoms with Crippen LogP contribution in [0.15, 0.2) is 10.5 Å². The van der Waals surface area contributed by atoms with Crippen LogP contribution in [0.25, 0.3) is 0 Å². The number of rotatable bonds is 5. The minimum Gasteiger partial charge on any atom is -0.466 e. The largest absolute Gasteiger partial charge is 0.466 e. The number of carbonyl (C=O) groups excluding carboxylic acids is 1. The van der Waals surface area contributed by atoms with Gasteiger partial charge >= 0.3 is 0 Å². The van der Waals surface area contributed by atoms with Crippen molar-refractivity contribution in [2.75, 3.05) is 32.1 Å². The number of ether oxygens (including phenoxy) is 1. The topological polar surface area (TPSA) is 76.8 Å². The molecule has 0 unspecified atom stereocenters. The first kappa shape index (κ1) is 17.1. The van der Waals surface area contributed by atoms with Crippen molar-refractivity contribution in [2.24, 2.45) is 11.8 Å². The Bertz CT molecular complexity index is 786. The molecule has 1 atom stereocenters. The van der Waals surface area contributed by atoms with E-state index in [0.717, 1.165) is 6.61 Å². The van der Waals surface area contributed by atoms with Crippen LogP contribution in [-0.4, -0.2) is 56.0 Å². The van der Waals surface area contributed by atoms with Gasteiger partial charge in [-0.15, -0.1) is 0 Å². The fourth-order valence-electron chi connectivity index (χ4n) is 4.13. The van der Waals surface area contributed by atoms with Gasteiger partial charge in [-0.1, -0.05) is 0 Å². The molecular weight excluding hydrogens is 342 g/mol. The zero-order valence-corrected chi connectivity index (χ0v) is 15.6. The zero-order valence-electron chi connectivity index (χ0n) is 14.8. The van der Waals surface area contributed by atoms with Crippen LogP contribution in [-0.2, 0) is 14.6 Å². The smallest absolute Gasteiger partial charge is 0.257 e. The number of aryl methyl sites for hydroxylation is 2. The number of hydrogen-bond donors (Lipinski definition) is 0. The fourth-order valence-corrected chi connectivity index (χ4v) is 6.53. The van der Waals surface area contributed by atoms with Crippen LogP contribution in [0.2, 0.25) is 0 Å². The molecule has 0 bridgehead atoms. The number of nitrogens with zero attached hydrogens (tertiary/aromatic N) is 1. The molecule has 138 valence electrons. The van der Waals surface area contributed by atoms with E-state index in [-0.39, 0.29) is 30.7 Å². The molecule has 0 N–H and O–H groups in total. The van der Waals surface area contributed by atoms with Gasteiger partial charge in [0.05, 0.1) is 17.9 Å². The maximum absolute atomic E-state index is 12.7. The summed E-state index contributed by atoms with van der Waals surface area (Å²) in [4.78, 5) is 14.3. The SMILES string of the molecule is Cc1cc(C(=O)N2CC3(C2)[C@@H](COCC2CC2)CCS3(=O)=O)c(C)o1. The van der Waals surface area contributed by atoms with Crippen LogP contribution in [0.4, 0.5) is 0 Å². The fraction of sp³-hybridized carbons (Fsp3) is 0.722. The predicted molar refractivity (Wildman–Crippen MR) is 92.3 cm³/mol. The van der Waals surface area contributed by atoms with Gasteiger partial charge in [0.2, 0.25) is 0 Å². The van der Waals surface area contributed by atoms with E-state index < -0.39 is 14.6 Å². The molecule has 3 aliphatic rings. The molecule has 2 saturated heterocycles. The van der Waals surface area contributed by atoms with Crippen LogP contribution in [0.1, 0.15) is 41.1 Å². The summed E-state index contributed by atoms with van der Waals surface area (Å²) >= 11 is 0. The normalized spacial score (nSPS) is 26.8. The van der Waals surface area contributed by atoms with Gasteiger partial charge < -0.3 is 14.1 Å². The number of furan rings is 1. The molecule has 1 amide bonds. The minimum atomic E-state index is -3.18. The summed E-state index contributed by atoms with van der Waals surface area (Å²) in [6, 6.07) is 1.72. The van der Waals surface area contributed by atoms with Crippen LogP contribution < -0.4 is 0 Å². The van der Waals surface area contributed by atoms with E-state index in [1.807, 2.05) is 0 Å². The van der Waals surface area contributed by atoms with Crippen LogP contribution in [0.5, 0.6) is 0 Å². The second-order valence-electron chi connectivity index (χ2n) is 7.84. The lowest BCUT2D eigenvalue weighted by Crippen LogP contribution is -2.68. The maximum Gasteiger partial charge on any atom is 0.257 e. The van der Waals surface area contributed by atoms with Crippen LogP contribution >= 0.6 is 0 Å². The summed E-state index contributed by atoms with van der Waals surface area (Å²) in [5.41, 5.74) is 0.532. The van der Waals surface area contributed by atoms with Crippen molar-refractivity contribution in [2.45, 2.75) is 37.9 Å². The highest BCUT2D eigenvalue weighted by molar-refractivity contribution is 7.93. The van der Waals surface area contributed by atoms with Gasteiger partial charge in [0.1, 0.15) is 16.3 Å². The van der Waals surface area contributed by atoms with E-state index in [1.165, 1.54) is 12.8 Å².